The zero-order chi connectivity index (χ0) is 13.9. The van der Waals surface area contributed by atoms with Gasteiger partial charge in [0.1, 0.15) is 0 Å². The van der Waals surface area contributed by atoms with Gasteiger partial charge in [-0.2, -0.15) is 4.31 Å². The van der Waals surface area contributed by atoms with Crippen LogP contribution in [0.1, 0.15) is 6.42 Å². The standard InChI is InChI=1S/C12H12N2O5S/c15-12-13-10-4-9(1-2-11(10)19-12)20(16,17)14-5-8-3-7(14)6-18-8/h1-2,4,7-8H,3,5-6H2,(H,13,15). The van der Waals surface area contributed by atoms with Crippen LogP contribution in [-0.2, 0) is 14.8 Å². The Hall–Kier alpha value is -1.64. The van der Waals surface area contributed by atoms with Crippen LogP contribution in [0.3, 0.4) is 0 Å². The molecule has 1 aromatic carbocycles. The molecular formula is C12H12N2O5S. The molecule has 0 radical (unpaired) electrons. The van der Waals surface area contributed by atoms with E-state index in [0.29, 0.717) is 24.3 Å². The fraction of sp³-hybridized carbons (Fsp3) is 0.417. The predicted octanol–water partition coefficient (Wildman–Crippen LogP) is 0.283. The maximum Gasteiger partial charge on any atom is 0.417 e. The number of aromatic nitrogens is 1. The smallest absolute Gasteiger partial charge is 0.408 e. The molecule has 8 heteroatoms. The van der Waals surface area contributed by atoms with Crippen LogP contribution in [0.5, 0.6) is 0 Å². The molecule has 0 amide bonds. The van der Waals surface area contributed by atoms with E-state index in [1.165, 1.54) is 22.5 Å². The fourth-order valence-electron chi connectivity index (χ4n) is 2.89. The number of sulfonamides is 1. The van der Waals surface area contributed by atoms with Crippen molar-refractivity contribution < 1.29 is 17.6 Å². The van der Waals surface area contributed by atoms with Crippen LogP contribution in [0.25, 0.3) is 11.1 Å². The lowest BCUT2D eigenvalue weighted by atomic mass is 10.3. The number of benzene rings is 1. The topological polar surface area (TPSA) is 92.6 Å². The average Bonchev–Trinajstić information content (AvgIpc) is 3.10. The van der Waals surface area contributed by atoms with Crippen LogP contribution in [-0.4, -0.2) is 43.0 Å². The molecule has 2 saturated heterocycles. The number of fused-ring (bicyclic) bond motifs is 3. The van der Waals surface area contributed by atoms with Gasteiger partial charge in [0.2, 0.25) is 10.0 Å². The molecule has 106 valence electrons. The van der Waals surface area contributed by atoms with Crippen molar-refractivity contribution in [2.75, 3.05) is 13.2 Å². The van der Waals surface area contributed by atoms with E-state index in [0.717, 1.165) is 6.42 Å². The van der Waals surface area contributed by atoms with Gasteiger partial charge < -0.3 is 9.15 Å². The third-order valence-corrected chi connectivity index (χ3v) is 5.76. The van der Waals surface area contributed by atoms with E-state index in [9.17, 15) is 13.2 Å². The van der Waals surface area contributed by atoms with Crippen LogP contribution >= 0.6 is 0 Å². The Balaban J connectivity index is 1.79. The van der Waals surface area contributed by atoms with Gasteiger partial charge in [0.25, 0.3) is 0 Å². The molecule has 0 aliphatic carbocycles. The quantitative estimate of drug-likeness (QED) is 0.859. The van der Waals surface area contributed by atoms with Crippen LogP contribution in [0.15, 0.2) is 32.3 Å². The molecule has 2 unspecified atom stereocenters. The number of hydrogen-bond donors (Lipinski definition) is 1. The largest absolute Gasteiger partial charge is 0.417 e. The predicted molar refractivity (Wildman–Crippen MR) is 68.9 cm³/mol. The van der Waals surface area contributed by atoms with Crippen molar-refractivity contribution in [3.63, 3.8) is 0 Å². The third-order valence-electron chi connectivity index (χ3n) is 3.85. The Labute approximate surface area is 114 Å². The van der Waals surface area contributed by atoms with E-state index >= 15 is 0 Å². The zero-order valence-corrected chi connectivity index (χ0v) is 11.2. The van der Waals surface area contributed by atoms with Crippen LogP contribution in [0.2, 0.25) is 0 Å². The van der Waals surface area contributed by atoms with E-state index in [4.69, 9.17) is 9.15 Å². The lowest BCUT2D eigenvalue weighted by molar-refractivity contribution is 0.0608. The summed E-state index contributed by atoms with van der Waals surface area (Å²) in [6.07, 6.45) is 0.761. The first-order chi connectivity index (χ1) is 9.54. The maximum atomic E-state index is 12.6. The van der Waals surface area contributed by atoms with Crippen molar-refractivity contribution in [2.45, 2.75) is 23.5 Å². The number of nitrogens with one attached hydrogen (secondary N) is 1. The maximum absolute atomic E-state index is 12.6. The molecule has 2 aromatic rings. The van der Waals surface area contributed by atoms with Crippen molar-refractivity contribution in [1.82, 2.24) is 9.29 Å². The second-order valence-electron chi connectivity index (χ2n) is 5.09. The summed E-state index contributed by atoms with van der Waals surface area (Å²) in [5, 5.41) is 0. The molecule has 1 N–H and O–H groups in total. The van der Waals surface area contributed by atoms with E-state index < -0.39 is 15.8 Å². The van der Waals surface area contributed by atoms with Gasteiger partial charge in [0, 0.05) is 6.54 Å². The van der Waals surface area contributed by atoms with Gasteiger partial charge in [-0.05, 0) is 24.6 Å². The van der Waals surface area contributed by atoms with Crippen molar-refractivity contribution in [1.29, 1.82) is 0 Å². The molecule has 2 bridgehead atoms. The van der Waals surface area contributed by atoms with E-state index in [1.54, 1.807) is 0 Å². The van der Waals surface area contributed by atoms with Gasteiger partial charge in [-0.15, -0.1) is 0 Å². The van der Waals surface area contributed by atoms with Gasteiger partial charge in [-0.1, -0.05) is 0 Å². The first-order valence-electron chi connectivity index (χ1n) is 6.30. The molecule has 0 saturated carbocycles. The Kier molecular flexibility index (Phi) is 2.39. The minimum atomic E-state index is -3.56. The SMILES string of the molecule is O=c1[nH]c2cc(S(=O)(=O)N3CC4CC3CO4)ccc2o1. The third kappa shape index (κ3) is 1.65. The molecule has 2 aliphatic heterocycles. The number of nitrogens with zero attached hydrogens (tertiary/aromatic N) is 1. The molecule has 7 nitrogen and oxygen atoms in total. The minimum Gasteiger partial charge on any atom is -0.408 e. The van der Waals surface area contributed by atoms with Crippen LogP contribution < -0.4 is 5.76 Å². The Morgan fingerprint density at radius 2 is 2.20 bits per heavy atom. The number of oxazole rings is 1. The van der Waals surface area contributed by atoms with Gasteiger partial charge in [0.15, 0.2) is 5.58 Å². The number of rotatable bonds is 2. The van der Waals surface area contributed by atoms with Crippen molar-refractivity contribution >= 4 is 21.1 Å². The highest BCUT2D eigenvalue weighted by Gasteiger charge is 2.45. The summed E-state index contributed by atoms with van der Waals surface area (Å²) >= 11 is 0. The first kappa shape index (κ1) is 12.1. The minimum absolute atomic E-state index is 0.00670. The Morgan fingerprint density at radius 3 is 2.90 bits per heavy atom. The van der Waals surface area contributed by atoms with Gasteiger partial charge in [0.05, 0.1) is 29.2 Å². The summed E-state index contributed by atoms with van der Waals surface area (Å²) in [4.78, 5) is 13.7. The molecule has 2 fully saturated rings. The normalized spacial score (nSPS) is 26.6. The Morgan fingerprint density at radius 1 is 1.35 bits per heavy atom. The zero-order valence-electron chi connectivity index (χ0n) is 10.4. The highest BCUT2D eigenvalue weighted by Crippen LogP contribution is 2.33. The molecule has 2 aliphatic rings. The van der Waals surface area contributed by atoms with E-state index in [1.807, 2.05) is 0 Å². The molecule has 4 rings (SSSR count). The highest BCUT2D eigenvalue weighted by molar-refractivity contribution is 7.89. The van der Waals surface area contributed by atoms with Crippen molar-refractivity contribution in [3.05, 3.63) is 28.7 Å². The fourth-order valence-corrected chi connectivity index (χ4v) is 4.57. The highest BCUT2D eigenvalue weighted by atomic mass is 32.2. The molecule has 20 heavy (non-hydrogen) atoms. The van der Waals surface area contributed by atoms with Gasteiger partial charge >= 0.3 is 5.76 Å². The number of ether oxygens (including phenoxy) is 1. The summed E-state index contributed by atoms with van der Waals surface area (Å²) in [6, 6.07) is 4.30. The lowest BCUT2D eigenvalue weighted by Crippen LogP contribution is -2.41. The second-order valence-corrected chi connectivity index (χ2v) is 6.98. The lowest BCUT2D eigenvalue weighted by Gasteiger charge is -2.25. The number of aromatic amines is 1. The van der Waals surface area contributed by atoms with E-state index in [2.05, 4.69) is 4.98 Å². The Bertz CT molecular complexity index is 837. The summed E-state index contributed by atoms with van der Waals surface area (Å²) < 4.78 is 37.0. The molecule has 0 spiro atoms. The second kappa shape index (κ2) is 3.94. The molecule has 1 aromatic heterocycles. The molecular weight excluding hydrogens is 284 g/mol. The molecule has 2 atom stereocenters. The monoisotopic (exact) mass is 296 g/mol. The summed E-state index contributed by atoms with van der Waals surface area (Å²) in [6.45, 7) is 0.849. The first-order valence-corrected chi connectivity index (χ1v) is 7.74. The summed E-state index contributed by atoms with van der Waals surface area (Å²) in [5.41, 5.74) is 0.733. The summed E-state index contributed by atoms with van der Waals surface area (Å²) in [5.74, 6) is -0.594. The van der Waals surface area contributed by atoms with Crippen LogP contribution in [0.4, 0.5) is 0 Å². The van der Waals surface area contributed by atoms with Crippen LogP contribution in [0, 0.1) is 0 Å². The number of morpholine rings is 1. The van der Waals surface area contributed by atoms with E-state index in [-0.39, 0.29) is 17.0 Å². The van der Waals surface area contributed by atoms with Crippen molar-refractivity contribution in [2.24, 2.45) is 0 Å². The molecule has 3 heterocycles. The number of hydrogen-bond acceptors (Lipinski definition) is 5. The van der Waals surface area contributed by atoms with Crippen molar-refractivity contribution in [3.8, 4) is 0 Å². The average molecular weight is 296 g/mol. The number of H-pyrrole nitrogens is 1. The van der Waals surface area contributed by atoms with Gasteiger partial charge in [-0.3, -0.25) is 4.98 Å². The van der Waals surface area contributed by atoms with Gasteiger partial charge in [-0.25, -0.2) is 13.2 Å². The summed E-state index contributed by atoms with van der Waals surface area (Å²) in [7, 11) is -3.56.